The lowest BCUT2D eigenvalue weighted by Gasteiger charge is -2.24. The van der Waals surface area contributed by atoms with Gasteiger partial charge in [0.1, 0.15) is 0 Å². The van der Waals surface area contributed by atoms with Crippen molar-refractivity contribution in [3.05, 3.63) is 12.7 Å². The maximum atomic E-state index is 5.42. The lowest BCUT2D eigenvalue weighted by atomic mass is 10.0. The fourth-order valence-corrected chi connectivity index (χ4v) is 1.09. The lowest BCUT2D eigenvalue weighted by Crippen LogP contribution is -2.22. The molecule has 0 aromatic carbocycles. The molecule has 2 atom stereocenters. The monoisotopic (exact) mass is 126 g/mol. The maximum absolute atomic E-state index is 5.42. The summed E-state index contributed by atoms with van der Waals surface area (Å²) in [6.07, 6.45) is 4.67. The van der Waals surface area contributed by atoms with Gasteiger partial charge in [0.2, 0.25) is 0 Å². The first-order valence-corrected chi connectivity index (χ1v) is 3.57. The summed E-state index contributed by atoms with van der Waals surface area (Å²) in [6.45, 7) is 6.82. The van der Waals surface area contributed by atoms with E-state index in [0.29, 0.717) is 6.10 Å². The number of rotatable bonds is 1. The van der Waals surface area contributed by atoms with Crippen LogP contribution in [-0.4, -0.2) is 12.7 Å². The molecule has 0 aliphatic carbocycles. The summed E-state index contributed by atoms with van der Waals surface area (Å²) in [4.78, 5) is 0. The first kappa shape index (κ1) is 6.81. The molecule has 9 heavy (non-hydrogen) atoms. The fraction of sp³-hybridized carbons (Fsp3) is 0.750. The second-order valence-corrected chi connectivity index (χ2v) is 2.79. The van der Waals surface area contributed by atoms with Crippen molar-refractivity contribution in [3.63, 3.8) is 0 Å². The third-order valence-corrected chi connectivity index (χ3v) is 1.80. The van der Waals surface area contributed by atoms with Crippen LogP contribution < -0.4 is 0 Å². The fourth-order valence-electron chi connectivity index (χ4n) is 1.09. The van der Waals surface area contributed by atoms with Gasteiger partial charge in [0.05, 0.1) is 6.10 Å². The van der Waals surface area contributed by atoms with Crippen LogP contribution in [0.25, 0.3) is 0 Å². The molecule has 0 spiro atoms. The van der Waals surface area contributed by atoms with Gasteiger partial charge in [-0.1, -0.05) is 13.0 Å². The van der Waals surface area contributed by atoms with Crippen LogP contribution in [0.2, 0.25) is 0 Å². The summed E-state index contributed by atoms with van der Waals surface area (Å²) in [7, 11) is 0. The predicted octanol–water partition coefficient (Wildman–Crippen LogP) is 1.99. The van der Waals surface area contributed by atoms with E-state index in [4.69, 9.17) is 4.74 Å². The first-order valence-electron chi connectivity index (χ1n) is 3.57. The summed E-state index contributed by atoms with van der Waals surface area (Å²) in [5.74, 6) is 0.751. The van der Waals surface area contributed by atoms with Gasteiger partial charge in [-0.05, 0) is 18.8 Å². The van der Waals surface area contributed by atoms with E-state index in [-0.39, 0.29) is 0 Å². The standard InChI is InChI=1S/C8H14O/c1-3-8-5-4-7(2)6-9-8/h3,7-8H,1,4-6H2,2H3/t7-,8+/m0/s1. The molecule has 0 N–H and O–H groups in total. The van der Waals surface area contributed by atoms with Crippen molar-refractivity contribution < 1.29 is 4.74 Å². The average molecular weight is 126 g/mol. The number of hydrogen-bond donors (Lipinski definition) is 0. The highest BCUT2D eigenvalue weighted by Crippen LogP contribution is 2.18. The van der Waals surface area contributed by atoms with Crippen LogP contribution >= 0.6 is 0 Å². The third-order valence-electron chi connectivity index (χ3n) is 1.80. The number of hydrogen-bond acceptors (Lipinski definition) is 1. The van der Waals surface area contributed by atoms with Crippen LogP contribution in [0, 0.1) is 5.92 Å². The zero-order valence-corrected chi connectivity index (χ0v) is 5.97. The summed E-state index contributed by atoms with van der Waals surface area (Å²) < 4.78 is 5.42. The molecule has 0 radical (unpaired) electrons. The molecule has 0 saturated carbocycles. The van der Waals surface area contributed by atoms with Gasteiger partial charge in [-0.15, -0.1) is 6.58 Å². The van der Waals surface area contributed by atoms with Gasteiger partial charge in [0.15, 0.2) is 0 Å². The van der Waals surface area contributed by atoms with E-state index >= 15 is 0 Å². The number of ether oxygens (including phenoxy) is 1. The topological polar surface area (TPSA) is 9.23 Å². The molecule has 0 unspecified atom stereocenters. The van der Waals surface area contributed by atoms with Crippen molar-refractivity contribution in [1.29, 1.82) is 0 Å². The second kappa shape index (κ2) is 3.02. The highest BCUT2D eigenvalue weighted by Gasteiger charge is 2.14. The van der Waals surface area contributed by atoms with Gasteiger partial charge in [-0.2, -0.15) is 0 Å². The second-order valence-electron chi connectivity index (χ2n) is 2.79. The normalized spacial score (nSPS) is 36.1. The van der Waals surface area contributed by atoms with Gasteiger partial charge in [0.25, 0.3) is 0 Å². The predicted molar refractivity (Wildman–Crippen MR) is 38.3 cm³/mol. The smallest absolute Gasteiger partial charge is 0.0753 e. The minimum Gasteiger partial charge on any atom is -0.374 e. The summed E-state index contributed by atoms with van der Waals surface area (Å²) in [5, 5.41) is 0. The van der Waals surface area contributed by atoms with Gasteiger partial charge in [-0.3, -0.25) is 0 Å². The van der Waals surface area contributed by atoms with Gasteiger partial charge >= 0.3 is 0 Å². The van der Waals surface area contributed by atoms with Crippen molar-refractivity contribution in [2.24, 2.45) is 5.92 Å². The van der Waals surface area contributed by atoms with Crippen LogP contribution in [0.4, 0.5) is 0 Å². The van der Waals surface area contributed by atoms with Crippen LogP contribution in [0.5, 0.6) is 0 Å². The summed E-state index contributed by atoms with van der Waals surface area (Å²) >= 11 is 0. The summed E-state index contributed by atoms with van der Waals surface area (Å²) in [6, 6.07) is 0. The van der Waals surface area contributed by atoms with Gasteiger partial charge in [-0.25, -0.2) is 0 Å². The van der Waals surface area contributed by atoms with Crippen LogP contribution in [-0.2, 0) is 4.74 Å². The average Bonchev–Trinajstić information content (AvgIpc) is 1.90. The highest BCUT2D eigenvalue weighted by molar-refractivity contribution is 4.82. The SMILES string of the molecule is C=C[C@@H]1CC[C@H](C)CO1. The van der Waals surface area contributed by atoms with E-state index in [1.807, 2.05) is 6.08 Å². The van der Waals surface area contributed by atoms with E-state index < -0.39 is 0 Å². The van der Waals surface area contributed by atoms with E-state index in [0.717, 1.165) is 18.9 Å². The molecule has 0 bridgehead atoms. The van der Waals surface area contributed by atoms with E-state index in [9.17, 15) is 0 Å². The largest absolute Gasteiger partial charge is 0.374 e. The molecule has 1 fully saturated rings. The Hall–Kier alpha value is -0.300. The van der Waals surface area contributed by atoms with Crippen molar-refractivity contribution in [2.45, 2.75) is 25.9 Å². The third kappa shape index (κ3) is 1.83. The Morgan fingerprint density at radius 2 is 2.33 bits per heavy atom. The first-order chi connectivity index (χ1) is 4.33. The van der Waals surface area contributed by atoms with Crippen molar-refractivity contribution >= 4 is 0 Å². The Labute approximate surface area is 56.7 Å². The molecular formula is C8H14O. The molecule has 1 aliphatic heterocycles. The molecule has 1 saturated heterocycles. The van der Waals surface area contributed by atoms with Crippen LogP contribution in [0.3, 0.4) is 0 Å². The Morgan fingerprint density at radius 1 is 1.56 bits per heavy atom. The molecule has 0 amide bonds. The molecule has 1 rings (SSSR count). The Kier molecular flexibility index (Phi) is 2.29. The quantitative estimate of drug-likeness (QED) is 0.488. The molecule has 1 heteroatoms. The van der Waals surface area contributed by atoms with Crippen LogP contribution in [0.1, 0.15) is 19.8 Å². The molecule has 0 aromatic heterocycles. The van der Waals surface area contributed by atoms with Gasteiger partial charge < -0.3 is 4.74 Å². The maximum Gasteiger partial charge on any atom is 0.0753 e. The van der Waals surface area contributed by atoms with Crippen molar-refractivity contribution in [3.8, 4) is 0 Å². The van der Waals surface area contributed by atoms with Crippen molar-refractivity contribution in [2.75, 3.05) is 6.61 Å². The zero-order valence-electron chi connectivity index (χ0n) is 5.97. The van der Waals surface area contributed by atoms with E-state index in [2.05, 4.69) is 13.5 Å². The van der Waals surface area contributed by atoms with Crippen molar-refractivity contribution in [1.82, 2.24) is 0 Å². The zero-order chi connectivity index (χ0) is 6.69. The molecule has 52 valence electrons. The van der Waals surface area contributed by atoms with Crippen LogP contribution in [0.15, 0.2) is 12.7 Å². The molecule has 1 aliphatic rings. The Bertz CT molecular complexity index is 90.7. The molecule has 0 aromatic rings. The Morgan fingerprint density at radius 3 is 2.78 bits per heavy atom. The van der Waals surface area contributed by atoms with E-state index in [1.54, 1.807) is 0 Å². The minimum atomic E-state index is 0.334. The van der Waals surface area contributed by atoms with Gasteiger partial charge in [0, 0.05) is 6.61 Å². The molecule has 1 nitrogen and oxygen atoms in total. The molecular weight excluding hydrogens is 112 g/mol. The Balaban J connectivity index is 2.26. The summed E-state index contributed by atoms with van der Waals surface area (Å²) in [5.41, 5.74) is 0. The minimum absolute atomic E-state index is 0.334. The highest BCUT2D eigenvalue weighted by atomic mass is 16.5. The lowest BCUT2D eigenvalue weighted by molar-refractivity contribution is 0.0167. The van der Waals surface area contributed by atoms with E-state index in [1.165, 1.54) is 6.42 Å². The molecule has 1 heterocycles.